The number of hydrogen-bond acceptors (Lipinski definition) is 1. The average Bonchev–Trinajstić information content (AvgIpc) is 2.53. The normalized spacial score (nSPS) is 10.9. The first-order valence-electron chi connectivity index (χ1n) is 7.58. The highest BCUT2D eigenvalue weighted by Crippen LogP contribution is 2.27. The molecule has 1 nitrogen and oxygen atoms in total. The van der Waals surface area contributed by atoms with E-state index in [4.69, 9.17) is 0 Å². The second-order valence-electron chi connectivity index (χ2n) is 5.55. The van der Waals surface area contributed by atoms with Crippen molar-refractivity contribution in [2.45, 2.75) is 26.2 Å². The van der Waals surface area contributed by atoms with Crippen LogP contribution in [0.25, 0.3) is 21.9 Å². The molecule has 0 amide bonds. The lowest BCUT2D eigenvalue weighted by Crippen LogP contribution is -1.85. The van der Waals surface area contributed by atoms with Crippen LogP contribution in [-0.2, 0) is 6.42 Å². The molecule has 1 N–H and O–H groups in total. The summed E-state index contributed by atoms with van der Waals surface area (Å²) in [5.74, 6) is 0.315. The van der Waals surface area contributed by atoms with Crippen molar-refractivity contribution in [3.63, 3.8) is 0 Å². The van der Waals surface area contributed by atoms with Gasteiger partial charge in [0, 0.05) is 0 Å². The largest absolute Gasteiger partial charge is 0.508 e. The Morgan fingerprint density at radius 3 is 2.19 bits per heavy atom. The summed E-state index contributed by atoms with van der Waals surface area (Å²) in [6.45, 7) is 2.22. The van der Waals surface area contributed by atoms with E-state index < -0.39 is 0 Å². The standard InChI is InChI=1S/C20H20O/c1-2-3-4-15-5-7-16(8-6-15)17-9-10-19-14-20(21)12-11-18(19)13-17/h5-14,21H,2-4H2,1H3. The van der Waals surface area contributed by atoms with Gasteiger partial charge in [-0.2, -0.15) is 0 Å². The Morgan fingerprint density at radius 2 is 1.43 bits per heavy atom. The number of unbranched alkanes of at least 4 members (excludes halogenated alkanes) is 1. The van der Waals surface area contributed by atoms with Crippen molar-refractivity contribution in [2.75, 3.05) is 0 Å². The molecule has 0 bridgehead atoms. The van der Waals surface area contributed by atoms with Gasteiger partial charge in [-0.15, -0.1) is 0 Å². The van der Waals surface area contributed by atoms with Crippen molar-refractivity contribution in [3.05, 3.63) is 66.2 Å². The van der Waals surface area contributed by atoms with Crippen LogP contribution in [0, 0.1) is 0 Å². The Hall–Kier alpha value is -2.28. The molecule has 0 aromatic heterocycles. The molecule has 0 radical (unpaired) electrons. The number of aromatic hydroxyl groups is 1. The molecule has 0 aliphatic carbocycles. The smallest absolute Gasteiger partial charge is 0.116 e. The van der Waals surface area contributed by atoms with E-state index in [9.17, 15) is 5.11 Å². The van der Waals surface area contributed by atoms with E-state index in [-0.39, 0.29) is 0 Å². The van der Waals surface area contributed by atoms with Gasteiger partial charge in [0.15, 0.2) is 0 Å². The van der Waals surface area contributed by atoms with Gasteiger partial charge in [0.2, 0.25) is 0 Å². The van der Waals surface area contributed by atoms with Gasteiger partial charge in [-0.3, -0.25) is 0 Å². The lowest BCUT2D eigenvalue weighted by Gasteiger charge is -2.06. The summed E-state index contributed by atoms with van der Waals surface area (Å²) in [6.07, 6.45) is 3.64. The summed E-state index contributed by atoms with van der Waals surface area (Å²) in [7, 11) is 0. The number of hydrogen-bond donors (Lipinski definition) is 1. The molecule has 3 aromatic rings. The first-order valence-corrected chi connectivity index (χ1v) is 7.58. The molecule has 21 heavy (non-hydrogen) atoms. The molecule has 106 valence electrons. The molecule has 0 aliphatic heterocycles. The second-order valence-corrected chi connectivity index (χ2v) is 5.55. The van der Waals surface area contributed by atoms with E-state index in [0.717, 1.165) is 17.2 Å². The lowest BCUT2D eigenvalue weighted by molar-refractivity contribution is 0.476. The van der Waals surface area contributed by atoms with Crippen LogP contribution in [0.2, 0.25) is 0 Å². The Morgan fingerprint density at radius 1 is 0.762 bits per heavy atom. The van der Waals surface area contributed by atoms with Crippen LogP contribution >= 0.6 is 0 Å². The number of rotatable bonds is 4. The third-order valence-electron chi connectivity index (χ3n) is 3.93. The average molecular weight is 276 g/mol. The maximum atomic E-state index is 9.52. The van der Waals surface area contributed by atoms with Crippen LogP contribution in [0.3, 0.4) is 0 Å². The van der Waals surface area contributed by atoms with E-state index in [1.165, 1.54) is 29.5 Å². The molecule has 3 rings (SSSR count). The van der Waals surface area contributed by atoms with Gasteiger partial charge in [-0.05, 0) is 58.5 Å². The van der Waals surface area contributed by atoms with Crippen LogP contribution in [0.5, 0.6) is 5.75 Å². The fraction of sp³-hybridized carbons (Fsp3) is 0.200. The van der Waals surface area contributed by atoms with Crippen LogP contribution in [0.15, 0.2) is 60.7 Å². The van der Waals surface area contributed by atoms with E-state index in [0.29, 0.717) is 5.75 Å². The van der Waals surface area contributed by atoms with E-state index in [2.05, 4.69) is 49.4 Å². The van der Waals surface area contributed by atoms with Gasteiger partial charge >= 0.3 is 0 Å². The maximum Gasteiger partial charge on any atom is 0.116 e. The quantitative estimate of drug-likeness (QED) is 0.662. The predicted molar refractivity (Wildman–Crippen MR) is 89.7 cm³/mol. The van der Waals surface area contributed by atoms with Gasteiger partial charge in [-0.1, -0.05) is 55.8 Å². The SMILES string of the molecule is CCCCc1ccc(-c2ccc3cc(O)ccc3c2)cc1. The predicted octanol–water partition coefficient (Wildman–Crippen LogP) is 5.56. The summed E-state index contributed by atoms with van der Waals surface area (Å²) in [6, 6.07) is 20.7. The number of phenolic OH excluding ortho intramolecular Hbond substituents is 1. The molecule has 0 heterocycles. The van der Waals surface area contributed by atoms with Gasteiger partial charge in [0.05, 0.1) is 0 Å². The Labute approximate surface area is 125 Å². The van der Waals surface area contributed by atoms with Crippen molar-refractivity contribution in [3.8, 4) is 16.9 Å². The Kier molecular flexibility index (Phi) is 3.92. The van der Waals surface area contributed by atoms with Crippen LogP contribution in [-0.4, -0.2) is 5.11 Å². The van der Waals surface area contributed by atoms with Gasteiger partial charge in [-0.25, -0.2) is 0 Å². The van der Waals surface area contributed by atoms with Crippen molar-refractivity contribution >= 4 is 10.8 Å². The highest BCUT2D eigenvalue weighted by Gasteiger charge is 2.01. The number of benzene rings is 3. The fourth-order valence-corrected chi connectivity index (χ4v) is 2.66. The van der Waals surface area contributed by atoms with Gasteiger partial charge in [0.25, 0.3) is 0 Å². The molecule has 0 atom stereocenters. The molecule has 0 unspecified atom stereocenters. The number of aryl methyl sites for hydroxylation is 1. The second kappa shape index (κ2) is 6.01. The lowest BCUT2D eigenvalue weighted by atomic mass is 9.99. The summed E-state index contributed by atoms with van der Waals surface area (Å²) < 4.78 is 0. The molecule has 3 aromatic carbocycles. The van der Waals surface area contributed by atoms with Crippen LogP contribution in [0.1, 0.15) is 25.3 Å². The summed E-state index contributed by atoms with van der Waals surface area (Å²) in [5.41, 5.74) is 3.87. The van der Waals surface area contributed by atoms with E-state index >= 15 is 0 Å². The van der Waals surface area contributed by atoms with E-state index in [1.54, 1.807) is 12.1 Å². The summed E-state index contributed by atoms with van der Waals surface area (Å²) in [4.78, 5) is 0. The minimum Gasteiger partial charge on any atom is -0.508 e. The topological polar surface area (TPSA) is 20.2 Å². The van der Waals surface area contributed by atoms with Crippen molar-refractivity contribution in [1.82, 2.24) is 0 Å². The summed E-state index contributed by atoms with van der Waals surface area (Å²) >= 11 is 0. The van der Waals surface area contributed by atoms with Crippen molar-refractivity contribution in [1.29, 1.82) is 0 Å². The highest BCUT2D eigenvalue weighted by molar-refractivity contribution is 5.88. The molecular weight excluding hydrogens is 256 g/mol. The van der Waals surface area contributed by atoms with Crippen molar-refractivity contribution < 1.29 is 5.11 Å². The Bertz CT molecular complexity index is 741. The molecule has 0 aliphatic rings. The maximum absolute atomic E-state index is 9.52. The van der Waals surface area contributed by atoms with Gasteiger partial charge in [0.1, 0.15) is 5.75 Å². The highest BCUT2D eigenvalue weighted by atomic mass is 16.3. The number of phenols is 1. The number of fused-ring (bicyclic) bond motifs is 1. The minimum absolute atomic E-state index is 0.315. The Balaban J connectivity index is 1.91. The third kappa shape index (κ3) is 3.08. The first kappa shape index (κ1) is 13.7. The monoisotopic (exact) mass is 276 g/mol. The molecular formula is C20H20O. The zero-order valence-electron chi connectivity index (χ0n) is 12.3. The van der Waals surface area contributed by atoms with Gasteiger partial charge < -0.3 is 5.11 Å². The minimum atomic E-state index is 0.315. The van der Waals surface area contributed by atoms with Crippen LogP contribution in [0.4, 0.5) is 0 Å². The molecule has 0 saturated carbocycles. The third-order valence-corrected chi connectivity index (χ3v) is 3.93. The fourth-order valence-electron chi connectivity index (χ4n) is 2.66. The van der Waals surface area contributed by atoms with Crippen LogP contribution < -0.4 is 0 Å². The van der Waals surface area contributed by atoms with E-state index in [1.807, 2.05) is 6.07 Å². The van der Waals surface area contributed by atoms with Crippen molar-refractivity contribution in [2.24, 2.45) is 0 Å². The first-order chi connectivity index (χ1) is 10.3. The molecule has 0 fully saturated rings. The molecule has 0 saturated heterocycles. The zero-order chi connectivity index (χ0) is 14.7. The zero-order valence-corrected chi connectivity index (χ0v) is 12.3. The summed E-state index contributed by atoms with van der Waals surface area (Å²) in [5, 5.41) is 11.7. The molecule has 0 spiro atoms. The molecule has 1 heteroatoms.